The highest BCUT2D eigenvalue weighted by molar-refractivity contribution is 5.23. The minimum Gasteiger partial charge on any atom is -0.391 e. The standard InChI is InChI=1S/C8H10F2N2O2/c9-8(10)5-1-7(14)4(3-13)6(2-11)12-5/h1,8,13H,2-3,11H2,(H,12,14). The molecule has 0 saturated heterocycles. The molecule has 0 saturated carbocycles. The van der Waals surface area contributed by atoms with Gasteiger partial charge in [-0.15, -0.1) is 0 Å². The predicted octanol–water partition coefficient (Wildman–Crippen LogP) is 0.264. The van der Waals surface area contributed by atoms with Gasteiger partial charge < -0.3 is 15.8 Å². The van der Waals surface area contributed by atoms with Crippen LogP contribution in [0, 0.1) is 0 Å². The number of hydrogen-bond acceptors (Lipinski definition) is 3. The monoisotopic (exact) mass is 204 g/mol. The Morgan fingerprint density at radius 1 is 1.57 bits per heavy atom. The van der Waals surface area contributed by atoms with Crippen LogP contribution in [0.1, 0.15) is 23.4 Å². The van der Waals surface area contributed by atoms with Crippen molar-refractivity contribution in [3.63, 3.8) is 0 Å². The van der Waals surface area contributed by atoms with Gasteiger partial charge in [0.15, 0.2) is 5.43 Å². The third kappa shape index (κ3) is 1.97. The molecule has 1 heterocycles. The number of aliphatic hydroxyl groups excluding tert-OH is 1. The number of aromatic amines is 1. The first-order valence-corrected chi connectivity index (χ1v) is 3.94. The van der Waals surface area contributed by atoms with Gasteiger partial charge in [0.1, 0.15) is 0 Å². The van der Waals surface area contributed by atoms with Gasteiger partial charge in [-0.1, -0.05) is 0 Å². The Kier molecular flexibility index (Phi) is 3.32. The SMILES string of the molecule is NCc1[nH]c(C(F)F)cc(=O)c1CO. The molecule has 14 heavy (non-hydrogen) atoms. The summed E-state index contributed by atoms with van der Waals surface area (Å²) in [5, 5.41) is 8.80. The van der Waals surface area contributed by atoms with Crippen LogP contribution in [-0.2, 0) is 13.2 Å². The molecule has 1 aromatic rings. The van der Waals surface area contributed by atoms with Gasteiger partial charge in [0, 0.05) is 23.9 Å². The van der Waals surface area contributed by atoms with Crippen LogP contribution < -0.4 is 11.2 Å². The number of H-pyrrole nitrogens is 1. The second-order valence-corrected chi connectivity index (χ2v) is 2.71. The average molecular weight is 204 g/mol. The van der Waals surface area contributed by atoms with Gasteiger partial charge in [-0.2, -0.15) is 0 Å². The summed E-state index contributed by atoms with van der Waals surface area (Å²) in [7, 11) is 0. The maximum absolute atomic E-state index is 12.2. The number of nitrogens with two attached hydrogens (primary N) is 1. The summed E-state index contributed by atoms with van der Waals surface area (Å²) in [5.74, 6) is 0. The number of rotatable bonds is 3. The van der Waals surface area contributed by atoms with E-state index >= 15 is 0 Å². The zero-order valence-corrected chi connectivity index (χ0v) is 7.26. The Labute approximate surface area is 78.4 Å². The highest BCUT2D eigenvalue weighted by atomic mass is 19.3. The van der Waals surface area contributed by atoms with Gasteiger partial charge in [0.2, 0.25) is 0 Å². The van der Waals surface area contributed by atoms with Gasteiger partial charge in [-0.05, 0) is 0 Å². The molecular formula is C8H10F2N2O2. The van der Waals surface area contributed by atoms with Gasteiger partial charge in [0.05, 0.1) is 12.3 Å². The van der Waals surface area contributed by atoms with E-state index in [1.807, 2.05) is 0 Å². The van der Waals surface area contributed by atoms with E-state index in [-0.39, 0.29) is 17.8 Å². The Bertz CT molecular complexity index is 376. The van der Waals surface area contributed by atoms with Crippen LogP contribution in [0.15, 0.2) is 10.9 Å². The molecule has 0 aromatic carbocycles. The lowest BCUT2D eigenvalue weighted by Gasteiger charge is -2.07. The Hall–Kier alpha value is -1.27. The molecule has 4 nitrogen and oxygen atoms in total. The highest BCUT2D eigenvalue weighted by Crippen LogP contribution is 2.15. The topological polar surface area (TPSA) is 79.1 Å². The molecule has 78 valence electrons. The zero-order chi connectivity index (χ0) is 10.7. The first kappa shape index (κ1) is 10.8. The van der Waals surface area contributed by atoms with E-state index in [4.69, 9.17) is 10.8 Å². The minimum absolute atomic E-state index is 0.0388. The molecule has 4 N–H and O–H groups in total. The van der Waals surface area contributed by atoms with Crippen molar-refractivity contribution in [3.05, 3.63) is 33.2 Å². The molecule has 0 fully saturated rings. The maximum atomic E-state index is 12.2. The van der Waals surface area contributed by atoms with Crippen LogP contribution in [0.3, 0.4) is 0 Å². The van der Waals surface area contributed by atoms with E-state index in [1.165, 1.54) is 0 Å². The number of halogens is 2. The lowest BCUT2D eigenvalue weighted by Crippen LogP contribution is -2.18. The summed E-state index contributed by atoms with van der Waals surface area (Å²) in [6, 6.07) is 0.773. The molecule has 0 bridgehead atoms. The minimum atomic E-state index is -2.75. The van der Waals surface area contributed by atoms with Crippen LogP contribution >= 0.6 is 0 Å². The van der Waals surface area contributed by atoms with Crippen molar-refractivity contribution in [2.24, 2.45) is 5.73 Å². The number of alkyl halides is 2. The number of aromatic nitrogens is 1. The zero-order valence-electron chi connectivity index (χ0n) is 7.26. The molecule has 6 heteroatoms. The fourth-order valence-corrected chi connectivity index (χ4v) is 1.13. The third-order valence-corrected chi connectivity index (χ3v) is 1.84. The largest absolute Gasteiger partial charge is 0.391 e. The van der Waals surface area contributed by atoms with E-state index in [0.29, 0.717) is 0 Å². The van der Waals surface area contributed by atoms with E-state index in [1.54, 1.807) is 0 Å². The van der Waals surface area contributed by atoms with E-state index in [9.17, 15) is 13.6 Å². The summed E-state index contributed by atoms with van der Waals surface area (Å²) < 4.78 is 24.5. The molecule has 0 radical (unpaired) electrons. The van der Waals surface area contributed by atoms with Crippen LogP contribution in [0.25, 0.3) is 0 Å². The fraction of sp³-hybridized carbons (Fsp3) is 0.375. The lowest BCUT2D eigenvalue weighted by atomic mass is 10.1. The van der Waals surface area contributed by atoms with Crippen LogP contribution in [0.5, 0.6) is 0 Å². The number of nitrogens with one attached hydrogen (secondary N) is 1. The molecule has 1 aromatic heterocycles. The summed E-state index contributed by atoms with van der Waals surface area (Å²) in [6.07, 6.45) is -2.75. The molecule has 0 spiro atoms. The Morgan fingerprint density at radius 2 is 2.21 bits per heavy atom. The number of pyridine rings is 1. The third-order valence-electron chi connectivity index (χ3n) is 1.84. The van der Waals surface area contributed by atoms with Crippen molar-refractivity contribution in [1.82, 2.24) is 4.98 Å². The average Bonchev–Trinajstić information content (AvgIpc) is 2.16. The van der Waals surface area contributed by atoms with Gasteiger partial charge in [-0.25, -0.2) is 8.78 Å². The van der Waals surface area contributed by atoms with Crippen LogP contribution in [-0.4, -0.2) is 10.1 Å². The second-order valence-electron chi connectivity index (χ2n) is 2.71. The van der Waals surface area contributed by atoms with E-state index in [0.717, 1.165) is 6.07 Å². The highest BCUT2D eigenvalue weighted by Gasteiger charge is 2.13. The fourth-order valence-electron chi connectivity index (χ4n) is 1.13. The number of aliphatic hydroxyl groups is 1. The van der Waals surface area contributed by atoms with E-state index in [2.05, 4.69) is 4.98 Å². The molecule has 0 amide bonds. The molecule has 1 rings (SSSR count). The molecule has 0 aliphatic carbocycles. The molecule has 0 atom stereocenters. The van der Waals surface area contributed by atoms with Gasteiger partial charge >= 0.3 is 0 Å². The normalized spacial score (nSPS) is 10.9. The van der Waals surface area contributed by atoms with Crippen molar-refractivity contribution < 1.29 is 13.9 Å². The van der Waals surface area contributed by atoms with Crippen molar-refractivity contribution in [1.29, 1.82) is 0 Å². The van der Waals surface area contributed by atoms with Crippen LogP contribution in [0.2, 0.25) is 0 Å². The Balaban J connectivity index is 3.32. The molecule has 0 unspecified atom stereocenters. The summed E-state index contributed by atoms with van der Waals surface area (Å²) in [5.41, 5.74) is 4.32. The van der Waals surface area contributed by atoms with Crippen LogP contribution in [0.4, 0.5) is 8.78 Å². The molecular weight excluding hydrogens is 194 g/mol. The molecule has 0 aliphatic rings. The predicted molar refractivity (Wildman–Crippen MR) is 45.8 cm³/mol. The summed E-state index contributed by atoms with van der Waals surface area (Å²) in [4.78, 5) is 13.5. The second kappa shape index (κ2) is 4.30. The van der Waals surface area contributed by atoms with Crippen molar-refractivity contribution in [3.8, 4) is 0 Å². The van der Waals surface area contributed by atoms with E-state index < -0.39 is 24.2 Å². The van der Waals surface area contributed by atoms with Gasteiger partial charge in [-0.3, -0.25) is 4.79 Å². The Morgan fingerprint density at radius 3 is 2.64 bits per heavy atom. The van der Waals surface area contributed by atoms with Crippen molar-refractivity contribution >= 4 is 0 Å². The summed E-state index contributed by atoms with van der Waals surface area (Å²) in [6.45, 7) is -0.600. The smallest absolute Gasteiger partial charge is 0.278 e. The maximum Gasteiger partial charge on any atom is 0.278 e. The first-order valence-electron chi connectivity index (χ1n) is 3.94. The number of hydrogen-bond donors (Lipinski definition) is 3. The van der Waals surface area contributed by atoms with Gasteiger partial charge in [0.25, 0.3) is 6.43 Å². The van der Waals surface area contributed by atoms with Crippen molar-refractivity contribution in [2.75, 3.05) is 0 Å². The first-order chi connectivity index (χ1) is 6.60. The lowest BCUT2D eigenvalue weighted by molar-refractivity contribution is 0.145. The van der Waals surface area contributed by atoms with Crippen molar-refractivity contribution in [2.45, 2.75) is 19.6 Å². The summed E-state index contributed by atoms with van der Waals surface area (Å²) >= 11 is 0. The molecule has 0 aliphatic heterocycles. The quantitative estimate of drug-likeness (QED) is 0.660.